The highest BCUT2D eigenvalue weighted by atomic mass is 79.9. The predicted molar refractivity (Wildman–Crippen MR) is 325 cm³/mol. The van der Waals surface area contributed by atoms with Gasteiger partial charge in [-0.2, -0.15) is 0 Å². The normalized spacial score (nSPS) is 13.4. The van der Waals surface area contributed by atoms with Gasteiger partial charge in [0, 0.05) is 33.8 Å². The molecule has 0 saturated carbocycles. The monoisotopic (exact) mass is 1320 g/mol. The summed E-state index contributed by atoms with van der Waals surface area (Å²) >= 11 is 3.42. The fourth-order valence-corrected chi connectivity index (χ4v) is 10.1. The number of hydrogen-bond donors (Lipinski definition) is 3. The molecule has 1 aliphatic rings. The lowest BCUT2D eigenvalue weighted by atomic mass is 9.79. The van der Waals surface area contributed by atoms with Gasteiger partial charge < -0.3 is 26.5 Å². The van der Waals surface area contributed by atoms with Crippen LogP contribution in [0.5, 0.6) is 0 Å². The number of rotatable bonds is 9. The van der Waals surface area contributed by atoms with E-state index in [0.29, 0.717) is 94.4 Å². The Morgan fingerprint density at radius 1 is 0.429 bits per heavy atom. The molecule has 20 nitrogen and oxygen atoms in total. The van der Waals surface area contributed by atoms with Crippen LogP contribution in [-0.4, -0.2) is 92.0 Å². The zero-order valence-corrected chi connectivity index (χ0v) is 50.6. The third kappa shape index (κ3) is 13.6. The molecule has 10 heterocycles. The molecule has 0 unspecified atom stereocenters. The summed E-state index contributed by atoms with van der Waals surface area (Å²) in [5.74, 6) is -0.590. The van der Waals surface area contributed by atoms with Gasteiger partial charge in [-0.05, 0) is 190 Å². The Morgan fingerprint density at radius 3 is 1.12 bits per heavy atom. The van der Waals surface area contributed by atoms with E-state index in [1.54, 1.807) is 55.5 Å². The van der Waals surface area contributed by atoms with Crippen molar-refractivity contribution in [3.63, 3.8) is 0 Å². The van der Waals surface area contributed by atoms with E-state index in [2.05, 4.69) is 76.4 Å². The number of hydrogen-bond acceptors (Lipinski definition) is 17. The molecule has 9 aromatic heterocycles. The summed E-state index contributed by atoms with van der Waals surface area (Å²) in [6.45, 7) is 12.6. The minimum absolute atomic E-state index is 0.123. The van der Waals surface area contributed by atoms with Gasteiger partial charge in [0.05, 0.1) is 43.9 Å². The highest BCUT2D eigenvalue weighted by Crippen LogP contribution is 2.40. The SMILES string of the molecule is Cc1cc(-c2c(-c3ccc(F)cc3)nc(N)n3cnnc23)cc(C(F)F)n1.Cc1cc(-c2c(-c3ccc(F)cc3)nc(N)n3cnnc23)cc(C(F)F)n1.Cc1cc(B2OC(C)(C)C(C)(C)O2)cc(C(F)F)n1.Nc1nc(-c2ccc(F)cc2)c(Br)c2nncn12. The standard InChI is InChI=1S/2C18H13F3N6.C13H18BF2NO2.C11H7BrFN5/c2*1-9-6-11(7-13(24-9)16(20)21)14-15(10-2-4-12(19)5-3-10)25-18(22)27-8-23-26-17(14)27;1-8-6-9(7-10(17-8)11(15)16)14-18-12(2,3)13(4,5)19-14;12-8-9(6-1-3-7(13)4-2-6)16-11(14)18-5-15-17-10(8)18/h2*2-8,16H,1H3,(H2,22,25);6-7,11H,1-5H3;1-5H,(H2,14,16). The highest BCUT2D eigenvalue weighted by Gasteiger charge is 2.52. The lowest BCUT2D eigenvalue weighted by Gasteiger charge is -2.32. The van der Waals surface area contributed by atoms with Crippen molar-refractivity contribution in [3.8, 4) is 56.0 Å². The van der Waals surface area contributed by atoms with Crippen molar-refractivity contribution in [2.75, 3.05) is 17.2 Å². The van der Waals surface area contributed by atoms with Crippen molar-refractivity contribution in [1.82, 2.24) is 73.7 Å². The number of pyridine rings is 3. The molecular formula is C60H51BBrF9N18O2. The Balaban J connectivity index is 0.000000135. The number of nitrogen functional groups attached to an aromatic ring is 3. The largest absolute Gasteiger partial charge is 0.494 e. The minimum Gasteiger partial charge on any atom is -0.399 e. The van der Waals surface area contributed by atoms with Gasteiger partial charge in [-0.3, -0.25) is 28.2 Å². The van der Waals surface area contributed by atoms with Crippen molar-refractivity contribution in [2.45, 2.75) is 78.9 Å². The Kier molecular flexibility index (Phi) is 18.2. The second kappa shape index (κ2) is 25.8. The summed E-state index contributed by atoms with van der Waals surface area (Å²) in [6.07, 6.45) is -3.80. The summed E-state index contributed by atoms with van der Waals surface area (Å²) < 4.78 is 135. The van der Waals surface area contributed by atoms with Crippen molar-refractivity contribution in [1.29, 1.82) is 0 Å². The third-order valence-electron chi connectivity index (χ3n) is 14.5. The molecule has 3 aromatic carbocycles. The third-order valence-corrected chi connectivity index (χ3v) is 15.2. The van der Waals surface area contributed by atoms with Crippen LogP contribution in [0.1, 0.15) is 81.1 Å². The van der Waals surface area contributed by atoms with E-state index in [1.807, 2.05) is 27.7 Å². The molecule has 0 atom stereocenters. The number of halogens is 10. The molecule has 1 fully saturated rings. The Bertz CT molecular complexity index is 4440. The topological polar surface area (TPSA) is 264 Å². The van der Waals surface area contributed by atoms with Crippen LogP contribution in [0, 0.1) is 38.2 Å². The summed E-state index contributed by atoms with van der Waals surface area (Å²) in [7, 11) is -0.635. The average molecular weight is 1320 g/mol. The average Bonchev–Trinajstić information content (AvgIpc) is 1.80. The van der Waals surface area contributed by atoms with Crippen LogP contribution in [0.15, 0.2) is 133 Å². The summed E-state index contributed by atoms with van der Waals surface area (Å²) in [4.78, 5) is 24.6. The fraction of sp³-hybridized carbons (Fsp3) is 0.200. The molecule has 91 heavy (non-hydrogen) atoms. The van der Waals surface area contributed by atoms with Gasteiger partial charge in [0.15, 0.2) is 16.9 Å². The zero-order valence-electron chi connectivity index (χ0n) is 49.0. The first-order valence-electron chi connectivity index (χ1n) is 27.2. The molecule has 0 spiro atoms. The smallest absolute Gasteiger partial charge is 0.399 e. The number of fused-ring (bicyclic) bond motifs is 3. The molecule has 12 aromatic rings. The van der Waals surface area contributed by atoms with Crippen LogP contribution in [-0.2, 0) is 9.31 Å². The van der Waals surface area contributed by atoms with E-state index in [1.165, 1.54) is 107 Å². The number of benzene rings is 3. The number of anilines is 3. The van der Waals surface area contributed by atoms with Crippen molar-refractivity contribution >= 4 is 63.3 Å². The van der Waals surface area contributed by atoms with Gasteiger partial charge in [0.1, 0.15) is 53.5 Å². The van der Waals surface area contributed by atoms with Crippen LogP contribution >= 0.6 is 15.9 Å². The van der Waals surface area contributed by atoms with Crippen LogP contribution in [0.4, 0.5) is 57.4 Å². The Morgan fingerprint density at radius 2 is 0.747 bits per heavy atom. The maximum atomic E-state index is 13.3. The quantitative estimate of drug-likeness (QED) is 0.0895. The number of nitrogens with two attached hydrogens (primary N) is 3. The minimum atomic E-state index is -2.73. The second-order valence-corrected chi connectivity index (χ2v) is 22.2. The van der Waals surface area contributed by atoms with Gasteiger partial charge in [0.25, 0.3) is 19.3 Å². The van der Waals surface area contributed by atoms with Gasteiger partial charge in [-0.25, -0.2) is 54.5 Å². The molecule has 466 valence electrons. The number of alkyl halides is 6. The molecule has 1 aliphatic heterocycles. The first-order valence-corrected chi connectivity index (χ1v) is 28.0. The first kappa shape index (κ1) is 64.0. The van der Waals surface area contributed by atoms with Crippen LogP contribution in [0.3, 0.4) is 0 Å². The molecular weight excluding hydrogens is 1270 g/mol. The molecule has 13 rings (SSSR count). The van der Waals surface area contributed by atoms with Gasteiger partial charge in [0.2, 0.25) is 17.8 Å². The lowest BCUT2D eigenvalue weighted by molar-refractivity contribution is 0.00578. The zero-order chi connectivity index (χ0) is 65.4. The van der Waals surface area contributed by atoms with E-state index >= 15 is 0 Å². The van der Waals surface area contributed by atoms with Crippen molar-refractivity contribution in [2.24, 2.45) is 0 Å². The van der Waals surface area contributed by atoms with Crippen LogP contribution in [0.2, 0.25) is 0 Å². The van der Waals surface area contributed by atoms with E-state index in [0.717, 1.165) is 5.56 Å². The maximum absolute atomic E-state index is 13.3. The van der Waals surface area contributed by atoms with E-state index in [-0.39, 0.29) is 40.7 Å². The predicted octanol–water partition coefficient (Wildman–Crippen LogP) is 12.5. The molecule has 0 amide bonds. The van der Waals surface area contributed by atoms with E-state index in [4.69, 9.17) is 26.5 Å². The number of aromatic nitrogens is 15. The molecule has 1 saturated heterocycles. The summed E-state index contributed by atoms with van der Waals surface area (Å²) in [6, 6.07) is 26.2. The van der Waals surface area contributed by atoms with Crippen molar-refractivity contribution < 1.29 is 48.8 Å². The lowest BCUT2D eigenvalue weighted by Crippen LogP contribution is -2.41. The number of nitrogens with zero attached hydrogens (tertiary/aromatic N) is 15. The molecule has 6 N–H and O–H groups in total. The summed E-state index contributed by atoms with van der Waals surface area (Å²) in [5, 5.41) is 23.6. The molecule has 0 bridgehead atoms. The van der Waals surface area contributed by atoms with Gasteiger partial charge in [-0.1, -0.05) is 0 Å². The van der Waals surface area contributed by atoms with Crippen LogP contribution in [0.25, 0.3) is 73.0 Å². The summed E-state index contributed by atoms with van der Waals surface area (Å²) in [5.41, 5.74) is 24.2. The van der Waals surface area contributed by atoms with Crippen molar-refractivity contribution in [3.05, 3.63) is 184 Å². The number of aryl methyl sites for hydroxylation is 3. The molecule has 31 heteroatoms. The maximum Gasteiger partial charge on any atom is 0.494 e. The van der Waals surface area contributed by atoms with E-state index in [9.17, 15) is 39.5 Å². The van der Waals surface area contributed by atoms with Crippen LogP contribution < -0.4 is 22.7 Å². The fourth-order valence-electron chi connectivity index (χ4n) is 9.50. The Labute approximate surface area is 520 Å². The van der Waals surface area contributed by atoms with Gasteiger partial charge >= 0.3 is 7.12 Å². The highest BCUT2D eigenvalue weighted by molar-refractivity contribution is 9.10. The Hall–Kier alpha value is -10.0. The van der Waals surface area contributed by atoms with E-state index < -0.39 is 49.2 Å². The first-order chi connectivity index (χ1) is 43.2. The second-order valence-electron chi connectivity index (χ2n) is 21.4. The van der Waals surface area contributed by atoms with Gasteiger partial charge in [-0.15, -0.1) is 30.6 Å². The molecule has 0 radical (unpaired) electrons. The molecule has 0 aliphatic carbocycles.